The summed E-state index contributed by atoms with van der Waals surface area (Å²) < 4.78 is 47.0. The van der Waals surface area contributed by atoms with E-state index in [1.807, 2.05) is 0 Å². The van der Waals surface area contributed by atoms with Crippen LogP contribution in [0, 0.1) is 6.92 Å². The molecule has 0 saturated carbocycles. The third kappa shape index (κ3) is 5.95. The van der Waals surface area contributed by atoms with Gasteiger partial charge in [-0.1, -0.05) is 0 Å². The van der Waals surface area contributed by atoms with Crippen LogP contribution in [0.25, 0.3) is 0 Å². The minimum atomic E-state index is -4.09. The average molecular weight is 451 g/mol. The van der Waals surface area contributed by atoms with E-state index in [9.17, 15) is 22.8 Å². The molecule has 0 aliphatic rings. The molecule has 1 N–H and O–H groups in total. The highest BCUT2D eigenvalue weighted by atomic mass is 32.2. The molecule has 0 saturated heterocycles. The van der Waals surface area contributed by atoms with Crippen molar-refractivity contribution in [3.63, 3.8) is 0 Å². The van der Waals surface area contributed by atoms with Gasteiger partial charge in [0.1, 0.15) is 5.75 Å². The summed E-state index contributed by atoms with van der Waals surface area (Å²) in [6, 6.07) is 7.73. The SMILES string of the molecule is COC(=O)COc1ccc(S(=O)(=O)Nc2cc(C(=O)OC)cc(C(=O)OC)c2)cc1C. The Morgan fingerprint density at radius 3 is 1.94 bits per heavy atom. The van der Waals surface area contributed by atoms with Crippen molar-refractivity contribution in [3.05, 3.63) is 53.1 Å². The lowest BCUT2D eigenvalue weighted by atomic mass is 10.1. The molecule has 0 aliphatic carbocycles. The number of methoxy groups -OCH3 is 3. The van der Waals surface area contributed by atoms with Gasteiger partial charge in [0.05, 0.1) is 43.0 Å². The molecule has 0 spiro atoms. The lowest BCUT2D eigenvalue weighted by Crippen LogP contribution is -2.16. The number of esters is 3. The maximum Gasteiger partial charge on any atom is 0.343 e. The maximum atomic E-state index is 12.8. The summed E-state index contributed by atoms with van der Waals surface area (Å²) in [6.45, 7) is 1.29. The minimum absolute atomic E-state index is 0.0352. The van der Waals surface area contributed by atoms with E-state index in [1.54, 1.807) is 6.92 Å². The van der Waals surface area contributed by atoms with Crippen molar-refractivity contribution in [2.45, 2.75) is 11.8 Å². The van der Waals surface area contributed by atoms with E-state index in [2.05, 4.69) is 18.9 Å². The Labute approximate surface area is 179 Å². The number of aryl methyl sites for hydroxylation is 1. The van der Waals surface area contributed by atoms with Gasteiger partial charge in [-0.05, 0) is 48.9 Å². The van der Waals surface area contributed by atoms with E-state index in [0.29, 0.717) is 11.3 Å². The average Bonchev–Trinajstić information content (AvgIpc) is 2.76. The first-order valence-electron chi connectivity index (χ1n) is 8.76. The number of sulfonamides is 1. The van der Waals surface area contributed by atoms with Gasteiger partial charge in [-0.3, -0.25) is 4.72 Å². The Morgan fingerprint density at radius 1 is 0.871 bits per heavy atom. The predicted molar refractivity (Wildman–Crippen MR) is 109 cm³/mol. The van der Waals surface area contributed by atoms with E-state index < -0.39 is 27.9 Å². The van der Waals surface area contributed by atoms with Gasteiger partial charge in [0, 0.05) is 0 Å². The van der Waals surface area contributed by atoms with Gasteiger partial charge in [-0.2, -0.15) is 0 Å². The van der Waals surface area contributed by atoms with Crippen LogP contribution < -0.4 is 9.46 Å². The van der Waals surface area contributed by atoms with Crippen LogP contribution in [0.15, 0.2) is 41.3 Å². The summed E-state index contributed by atoms with van der Waals surface area (Å²) in [5.41, 5.74) is 0.356. The van der Waals surface area contributed by atoms with Gasteiger partial charge in [0.2, 0.25) is 0 Å². The largest absolute Gasteiger partial charge is 0.482 e. The standard InChI is InChI=1S/C20H21NO9S/c1-12-7-16(5-6-17(12)30-11-18(22)27-2)31(25,26)21-15-9-13(19(23)28-3)8-14(10-15)20(24)29-4/h5-10,21H,11H2,1-4H3. The molecular formula is C20H21NO9S. The van der Waals surface area contributed by atoms with E-state index >= 15 is 0 Å². The lowest BCUT2D eigenvalue weighted by molar-refractivity contribution is -0.142. The number of ether oxygens (including phenoxy) is 4. The highest BCUT2D eigenvalue weighted by Gasteiger charge is 2.20. The van der Waals surface area contributed by atoms with Crippen LogP contribution in [-0.2, 0) is 29.0 Å². The summed E-state index contributed by atoms with van der Waals surface area (Å²) in [7, 11) is -0.553. The second-order valence-corrected chi connectivity index (χ2v) is 7.86. The first-order valence-corrected chi connectivity index (χ1v) is 10.2. The summed E-state index contributed by atoms with van der Waals surface area (Å²) in [4.78, 5) is 34.9. The molecule has 2 rings (SSSR count). The minimum Gasteiger partial charge on any atom is -0.482 e. The fourth-order valence-electron chi connectivity index (χ4n) is 2.52. The first kappa shape index (κ1) is 23.7. The number of carbonyl (C=O) groups excluding carboxylic acids is 3. The molecule has 31 heavy (non-hydrogen) atoms. The zero-order valence-electron chi connectivity index (χ0n) is 17.3. The number of carbonyl (C=O) groups is 3. The Bertz CT molecular complexity index is 1080. The summed E-state index contributed by atoms with van der Waals surface area (Å²) in [6.07, 6.45) is 0. The Hall–Kier alpha value is -3.60. The van der Waals surface area contributed by atoms with E-state index in [0.717, 1.165) is 14.2 Å². The molecule has 0 radical (unpaired) electrons. The highest BCUT2D eigenvalue weighted by molar-refractivity contribution is 7.92. The van der Waals surface area contributed by atoms with Gasteiger partial charge in [-0.15, -0.1) is 0 Å². The van der Waals surface area contributed by atoms with Crippen molar-refractivity contribution in [3.8, 4) is 5.75 Å². The van der Waals surface area contributed by atoms with Crippen molar-refractivity contribution >= 4 is 33.6 Å². The molecule has 0 aliphatic heterocycles. The molecule has 0 atom stereocenters. The fraction of sp³-hybridized carbons (Fsp3) is 0.250. The first-order chi connectivity index (χ1) is 14.6. The quantitative estimate of drug-likeness (QED) is 0.472. The van der Waals surface area contributed by atoms with Gasteiger partial charge in [0.25, 0.3) is 10.0 Å². The van der Waals surface area contributed by atoms with Gasteiger partial charge < -0.3 is 18.9 Å². The normalized spacial score (nSPS) is 10.7. The van der Waals surface area contributed by atoms with Crippen LogP contribution in [0.5, 0.6) is 5.75 Å². The summed E-state index contributed by atoms with van der Waals surface area (Å²) in [5, 5.41) is 0. The predicted octanol–water partition coefficient (Wildman–Crippen LogP) is 1.92. The van der Waals surface area contributed by atoms with E-state index in [4.69, 9.17) is 4.74 Å². The third-order valence-electron chi connectivity index (χ3n) is 4.06. The zero-order valence-corrected chi connectivity index (χ0v) is 18.1. The Morgan fingerprint density at radius 2 is 1.45 bits per heavy atom. The molecule has 2 aromatic rings. The molecule has 0 fully saturated rings. The molecule has 0 aromatic heterocycles. The summed E-state index contributed by atoms with van der Waals surface area (Å²) in [5.74, 6) is -1.78. The zero-order chi connectivity index (χ0) is 23.2. The van der Waals surface area contributed by atoms with Crippen LogP contribution in [0.1, 0.15) is 26.3 Å². The number of benzene rings is 2. The smallest absolute Gasteiger partial charge is 0.343 e. The molecule has 0 heterocycles. The number of hydrogen-bond donors (Lipinski definition) is 1. The van der Waals surface area contributed by atoms with E-state index in [1.165, 1.54) is 43.5 Å². The van der Waals surface area contributed by atoms with Crippen molar-refractivity contribution in [1.82, 2.24) is 0 Å². The Balaban J connectivity index is 2.35. The number of anilines is 1. The van der Waals surface area contributed by atoms with E-state index in [-0.39, 0.29) is 28.3 Å². The number of hydrogen-bond acceptors (Lipinski definition) is 9. The molecule has 0 bridgehead atoms. The fourth-order valence-corrected chi connectivity index (χ4v) is 3.64. The van der Waals surface area contributed by atoms with Crippen LogP contribution in [-0.4, -0.2) is 54.3 Å². The molecular weight excluding hydrogens is 430 g/mol. The van der Waals surface area contributed by atoms with Crippen molar-refractivity contribution < 1.29 is 41.7 Å². The maximum absolute atomic E-state index is 12.8. The lowest BCUT2D eigenvalue weighted by Gasteiger charge is -2.13. The molecule has 0 unspecified atom stereocenters. The van der Waals surface area contributed by atoms with Crippen molar-refractivity contribution in [2.24, 2.45) is 0 Å². The highest BCUT2D eigenvalue weighted by Crippen LogP contribution is 2.25. The molecule has 10 nitrogen and oxygen atoms in total. The van der Waals surface area contributed by atoms with Gasteiger partial charge in [-0.25, -0.2) is 22.8 Å². The van der Waals surface area contributed by atoms with Gasteiger partial charge >= 0.3 is 17.9 Å². The molecule has 0 amide bonds. The van der Waals surface area contributed by atoms with Crippen LogP contribution in [0.2, 0.25) is 0 Å². The van der Waals surface area contributed by atoms with Crippen molar-refractivity contribution in [1.29, 1.82) is 0 Å². The third-order valence-corrected chi connectivity index (χ3v) is 5.44. The van der Waals surface area contributed by atoms with Crippen LogP contribution in [0.4, 0.5) is 5.69 Å². The van der Waals surface area contributed by atoms with Gasteiger partial charge in [0.15, 0.2) is 6.61 Å². The Kier molecular flexibility index (Phi) is 7.59. The monoisotopic (exact) mass is 451 g/mol. The number of rotatable bonds is 8. The number of nitrogens with one attached hydrogen (secondary N) is 1. The molecule has 166 valence electrons. The van der Waals surface area contributed by atoms with Crippen LogP contribution in [0.3, 0.4) is 0 Å². The topological polar surface area (TPSA) is 134 Å². The second-order valence-electron chi connectivity index (χ2n) is 6.18. The second kappa shape index (κ2) is 9.94. The summed E-state index contributed by atoms with van der Waals surface area (Å²) >= 11 is 0. The molecule has 2 aromatic carbocycles. The van der Waals surface area contributed by atoms with Crippen LogP contribution >= 0.6 is 0 Å². The van der Waals surface area contributed by atoms with Crippen molar-refractivity contribution in [2.75, 3.05) is 32.7 Å². The molecule has 11 heteroatoms.